The lowest BCUT2D eigenvalue weighted by Gasteiger charge is -2.20. The molecule has 0 aromatic carbocycles. The van der Waals surface area contributed by atoms with Gasteiger partial charge in [-0.15, -0.1) is 0 Å². The average molecular weight is 777 g/mol. The maximum atomic E-state index is 12.5. The van der Waals surface area contributed by atoms with Crippen molar-refractivity contribution in [2.24, 2.45) is 0 Å². The van der Waals surface area contributed by atoms with Crippen molar-refractivity contribution in [1.29, 1.82) is 0 Å². The minimum absolute atomic E-state index is 0.128. The Labute approximate surface area is 339 Å². The van der Waals surface area contributed by atoms with Gasteiger partial charge in [-0.25, -0.2) is 4.79 Å². The molecule has 1 amide bonds. The number of amides is 1. The number of carbonyl (C=O) groups excluding carboxylic acids is 3. The molecule has 322 valence electrons. The van der Waals surface area contributed by atoms with E-state index in [1.165, 1.54) is 116 Å². The number of ether oxygens (including phenoxy) is 3. The highest BCUT2D eigenvalue weighted by molar-refractivity contribution is 5.70. The van der Waals surface area contributed by atoms with Crippen LogP contribution in [0.2, 0.25) is 0 Å². The lowest BCUT2D eigenvalue weighted by molar-refractivity contribution is -0.152. The average Bonchev–Trinajstić information content (AvgIpc) is 3.18. The van der Waals surface area contributed by atoms with Gasteiger partial charge < -0.3 is 24.4 Å². The van der Waals surface area contributed by atoms with Crippen molar-refractivity contribution >= 4 is 18.0 Å². The predicted octanol–water partition coefficient (Wildman–Crippen LogP) is 13.0. The summed E-state index contributed by atoms with van der Waals surface area (Å²) in [6, 6.07) is 0. The van der Waals surface area contributed by atoms with Crippen LogP contribution in [0.5, 0.6) is 0 Å². The highest BCUT2D eigenvalue weighted by atomic mass is 16.6. The molecule has 0 spiro atoms. The fraction of sp³-hybridized carbons (Fsp3) is 0.851. The largest absolute Gasteiger partial charge is 0.462 e. The molecule has 8 nitrogen and oxygen atoms in total. The Morgan fingerprint density at radius 1 is 0.491 bits per heavy atom. The second-order valence-corrected chi connectivity index (χ2v) is 15.4. The van der Waals surface area contributed by atoms with Gasteiger partial charge in [-0.05, 0) is 90.3 Å². The lowest BCUT2D eigenvalue weighted by atomic mass is 10.1. The lowest BCUT2D eigenvalue weighted by Crippen LogP contribution is -2.36. The molecule has 0 heterocycles. The van der Waals surface area contributed by atoms with Crippen molar-refractivity contribution in [3.05, 3.63) is 24.3 Å². The van der Waals surface area contributed by atoms with Gasteiger partial charge >= 0.3 is 18.0 Å². The van der Waals surface area contributed by atoms with Crippen LogP contribution in [0.15, 0.2) is 24.3 Å². The molecular formula is C47H88N2O6. The van der Waals surface area contributed by atoms with E-state index in [-0.39, 0.29) is 25.2 Å². The number of nitrogens with zero attached hydrogens (tertiary/aromatic N) is 1. The minimum Gasteiger partial charge on any atom is -0.462 e. The normalized spacial score (nSPS) is 12.2. The molecule has 0 saturated carbocycles. The smallest absolute Gasteiger partial charge is 0.407 e. The number of nitrogens with one attached hydrogen (secondary N) is 1. The SMILES string of the molecule is CCCCCCCCC=CCCCCCCCC(=O)OCC(COC(=O)CCCCCCCC=CCCCCCCCC)OC(=O)NCCCN(CC)CC. The summed E-state index contributed by atoms with van der Waals surface area (Å²) < 4.78 is 16.5. The van der Waals surface area contributed by atoms with Gasteiger partial charge in [-0.3, -0.25) is 9.59 Å². The van der Waals surface area contributed by atoms with Gasteiger partial charge in [-0.1, -0.05) is 155 Å². The van der Waals surface area contributed by atoms with E-state index in [4.69, 9.17) is 14.2 Å². The summed E-state index contributed by atoms with van der Waals surface area (Å²) in [5, 5.41) is 2.78. The van der Waals surface area contributed by atoms with Crippen LogP contribution in [0.3, 0.4) is 0 Å². The fourth-order valence-corrected chi connectivity index (χ4v) is 6.54. The van der Waals surface area contributed by atoms with Gasteiger partial charge in [0.15, 0.2) is 6.10 Å². The van der Waals surface area contributed by atoms with Crippen LogP contribution in [0, 0.1) is 0 Å². The second-order valence-electron chi connectivity index (χ2n) is 15.4. The zero-order valence-corrected chi connectivity index (χ0v) is 36.5. The Kier molecular flexibility index (Phi) is 41.0. The Bertz CT molecular complexity index is 863. The maximum Gasteiger partial charge on any atom is 0.407 e. The molecule has 0 aromatic rings. The van der Waals surface area contributed by atoms with E-state index >= 15 is 0 Å². The first-order valence-electron chi connectivity index (χ1n) is 23.2. The monoisotopic (exact) mass is 777 g/mol. The van der Waals surface area contributed by atoms with Gasteiger partial charge in [-0.2, -0.15) is 0 Å². The quantitative estimate of drug-likeness (QED) is 0.0286. The number of allylic oxidation sites excluding steroid dienone is 4. The van der Waals surface area contributed by atoms with Crippen molar-refractivity contribution in [3.63, 3.8) is 0 Å². The molecule has 0 fully saturated rings. The molecule has 0 rings (SSSR count). The van der Waals surface area contributed by atoms with Gasteiger partial charge in [0.05, 0.1) is 0 Å². The van der Waals surface area contributed by atoms with E-state index in [9.17, 15) is 14.4 Å². The van der Waals surface area contributed by atoms with Crippen LogP contribution in [0.1, 0.15) is 214 Å². The number of alkyl carbamates (subject to hydrolysis) is 1. The molecule has 0 aliphatic heterocycles. The van der Waals surface area contributed by atoms with Crippen molar-refractivity contribution in [2.45, 2.75) is 220 Å². The molecule has 0 aromatic heterocycles. The maximum absolute atomic E-state index is 12.5. The first kappa shape index (κ1) is 52.6. The van der Waals surface area contributed by atoms with Crippen LogP contribution in [-0.4, -0.2) is 68.4 Å². The van der Waals surface area contributed by atoms with Gasteiger partial charge in [0.2, 0.25) is 0 Å². The highest BCUT2D eigenvalue weighted by Gasteiger charge is 2.19. The van der Waals surface area contributed by atoms with Gasteiger partial charge in [0.1, 0.15) is 13.2 Å². The van der Waals surface area contributed by atoms with Crippen LogP contribution in [0.4, 0.5) is 4.79 Å². The standard InChI is InChI=1S/C47H88N2O6/c1-5-9-11-13-15-17-19-21-23-25-27-29-31-33-35-38-45(50)53-42-44(55-47(52)48-40-37-41-49(7-3)8-4)43-54-46(51)39-36-34-32-30-28-26-24-22-20-18-16-14-12-10-6-2/h21-24,44H,5-20,25-43H2,1-4H3,(H,48,52). The number of esters is 2. The van der Waals surface area contributed by atoms with Crippen LogP contribution >= 0.6 is 0 Å². The molecule has 0 bridgehead atoms. The third kappa shape index (κ3) is 39.7. The number of carbonyl (C=O) groups is 3. The predicted molar refractivity (Wildman–Crippen MR) is 231 cm³/mol. The highest BCUT2D eigenvalue weighted by Crippen LogP contribution is 2.13. The topological polar surface area (TPSA) is 94.2 Å². The van der Waals surface area contributed by atoms with Crippen molar-refractivity contribution in [1.82, 2.24) is 10.2 Å². The molecular weight excluding hydrogens is 689 g/mol. The number of hydrogen-bond acceptors (Lipinski definition) is 7. The van der Waals surface area contributed by atoms with E-state index in [1.54, 1.807) is 0 Å². The molecule has 0 radical (unpaired) electrons. The zero-order chi connectivity index (χ0) is 40.3. The Morgan fingerprint density at radius 2 is 0.855 bits per heavy atom. The fourth-order valence-electron chi connectivity index (χ4n) is 6.54. The summed E-state index contributed by atoms with van der Waals surface area (Å²) in [6.07, 6.45) is 40.5. The van der Waals surface area contributed by atoms with Crippen LogP contribution in [-0.2, 0) is 23.8 Å². The van der Waals surface area contributed by atoms with Gasteiger partial charge in [0, 0.05) is 19.4 Å². The van der Waals surface area contributed by atoms with Crippen molar-refractivity contribution < 1.29 is 28.6 Å². The molecule has 8 heteroatoms. The van der Waals surface area contributed by atoms with Crippen molar-refractivity contribution in [3.8, 4) is 0 Å². The summed E-state index contributed by atoms with van der Waals surface area (Å²) in [6.45, 7) is 11.8. The Morgan fingerprint density at radius 3 is 1.24 bits per heavy atom. The number of unbranched alkanes of at least 4 members (excludes halogenated alkanes) is 22. The van der Waals surface area contributed by atoms with E-state index in [2.05, 4.69) is 62.2 Å². The summed E-state index contributed by atoms with van der Waals surface area (Å²) in [4.78, 5) is 39.8. The van der Waals surface area contributed by atoms with Crippen LogP contribution in [0.25, 0.3) is 0 Å². The zero-order valence-electron chi connectivity index (χ0n) is 36.5. The molecule has 0 atom stereocenters. The van der Waals surface area contributed by atoms with Crippen molar-refractivity contribution in [2.75, 3.05) is 39.4 Å². The molecule has 1 N–H and O–H groups in total. The first-order chi connectivity index (χ1) is 27.0. The molecule has 55 heavy (non-hydrogen) atoms. The Hall–Kier alpha value is -2.35. The molecule has 0 aliphatic rings. The Balaban J connectivity index is 4.30. The van der Waals surface area contributed by atoms with Crippen LogP contribution < -0.4 is 5.32 Å². The van der Waals surface area contributed by atoms with E-state index in [0.29, 0.717) is 19.4 Å². The number of rotatable bonds is 41. The molecule has 0 saturated heterocycles. The third-order valence-electron chi connectivity index (χ3n) is 10.2. The summed E-state index contributed by atoms with van der Waals surface area (Å²) in [7, 11) is 0. The first-order valence-corrected chi connectivity index (χ1v) is 23.2. The van der Waals surface area contributed by atoms with E-state index < -0.39 is 12.2 Å². The summed E-state index contributed by atoms with van der Waals surface area (Å²) in [5.41, 5.74) is 0. The minimum atomic E-state index is -0.848. The third-order valence-corrected chi connectivity index (χ3v) is 10.2. The molecule has 0 aliphatic carbocycles. The summed E-state index contributed by atoms with van der Waals surface area (Å²) in [5.74, 6) is -0.629. The van der Waals surface area contributed by atoms with E-state index in [0.717, 1.165) is 77.4 Å². The van der Waals surface area contributed by atoms with E-state index in [1.807, 2.05) is 0 Å². The molecule has 0 unspecified atom stereocenters. The second kappa shape index (κ2) is 42.8. The summed E-state index contributed by atoms with van der Waals surface area (Å²) >= 11 is 0. The number of hydrogen-bond donors (Lipinski definition) is 1. The van der Waals surface area contributed by atoms with Gasteiger partial charge in [0.25, 0.3) is 0 Å².